The fraction of sp³-hybridized carbons (Fsp3) is 0.974. The minimum Gasteiger partial charge on any atom is -0.481 e. The van der Waals surface area contributed by atoms with Crippen molar-refractivity contribution < 1.29 is 23.2 Å². The molecule has 0 aromatic heterocycles. The zero-order valence-electron chi connectivity index (χ0n) is 30.8. The number of hydrogen-bond acceptors (Lipinski definition) is 4. The Morgan fingerprint density at radius 3 is 0.711 bits per heavy atom. The molecular weight excluding hydrogens is 577 g/mol. The van der Waals surface area contributed by atoms with Crippen molar-refractivity contribution in [3.8, 4) is 0 Å². The summed E-state index contributed by atoms with van der Waals surface area (Å²) in [5, 5.41) is 8.65. The van der Waals surface area contributed by atoms with Gasteiger partial charge in [0.25, 0.3) is 0 Å². The summed E-state index contributed by atoms with van der Waals surface area (Å²) in [6, 6.07) is 0.934. The maximum absolute atomic E-state index is 10.5. The molecule has 0 aliphatic carbocycles. The average Bonchev–Trinajstić information content (AvgIpc) is 3.05. The topological polar surface area (TPSA) is 65.0 Å². The number of carbonyl (C=O) groups is 1. The predicted molar refractivity (Wildman–Crippen MR) is 196 cm³/mol. The Hall–Kier alpha value is -0.433. The number of unbranched alkanes of at least 4 members (excludes halogenated alkanes) is 32. The van der Waals surface area contributed by atoms with E-state index in [2.05, 4.69) is 0 Å². The van der Waals surface area contributed by atoms with Crippen molar-refractivity contribution in [1.29, 1.82) is 0 Å². The molecule has 0 saturated heterocycles. The molecule has 0 amide bonds. The van der Waals surface area contributed by atoms with Gasteiger partial charge in [-0.05, 0) is 12.8 Å². The largest absolute Gasteiger partial charge is 0.500 e. The molecule has 0 aromatic rings. The van der Waals surface area contributed by atoms with Gasteiger partial charge in [-0.3, -0.25) is 4.79 Å². The normalized spacial score (nSPS) is 11.9. The van der Waals surface area contributed by atoms with Crippen LogP contribution < -0.4 is 0 Å². The van der Waals surface area contributed by atoms with E-state index in [1.807, 2.05) is 0 Å². The summed E-state index contributed by atoms with van der Waals surface area (Å²) in [6.45, 7) is 0. The van der Waals surface area contributed by atoms with Crippen molar-refractivity contribution in [2.24, 2.45) is 0 Å². The number of carboxylic acid groups (broad SMARTS) is 1. The summed E-state index contributed by atoms with van der Waals surface area (Å²) in [7, 11) is 2.77. The third kappa shape index (κ3) is 33.3. The molecule has 270 valence electrons. The van der Waals surface area contributed by atoms with E-state index in [0.29, 0.717) is 6.42 Å². The van der Waals surface area contributed by atoms with Crippen LogP contribution in [-0.4, -0.2) is 41.2 Å². The summed E-state index contributed by atoms with van der Waals surface area (Å²) in [4.78, 5) is 10.5. The van der Waals surface area contributed by atoms with Crippen LogP contribution in [0.4, 0.5) is 0 Å². The lowest BCUT2D eigenvalue weighted by atomic mass is 10.0. The molecule has 0 rings (SSSR count). The Balaban J connectivity index is 3.12. The Labute approximate surface area is 283 Å². The molecule has 5 nitrogen and oxygen atoms in total. The quantitative estimate of drug-likeness (QED) is 0.0527. The Bertz CT molecular complexity index is 576. The molecule has 0 fully saturated rings. The summed E-state index contributed by atoms with van der Waals surface area (Å²) in [5.41, 5.74) is 0. The van der Waals surface area contributed by atoms with Crippen LogP contribution in [0.1, 0.15) is 218 Å². The number of rotatable bonds is 39. The van der Waals surface area contributed by atoms with E-state index in [-0.39, 0.29) is 0 Å². The number of aliphatic carboxylic acids is 1. The molecule has 0 saturated carbocycles. The van der Waals surface area contributed by atoms with Crippen LogP contribution in [0, 0.1) is 0 Å². The van der Waals surface area contributed by atoms with Crippen LogP contribution in [-0.2, 0) is 18.1 Å². The minimum atomic E-state index is -2.35. The van der Waals surface area contributed by atoms with Gasteiger partial charge in [0.05, 0.1) is 0 Å². The molecule has 0 unspecified atom stereocenters. The van der Waals surface area contributed by atoms with E-state index in [0.717, 1.165) is 25.3 Å². The van der Waals surface area contributed by atoms with Crippen molar-refractivity contribution in [2.75, 3.05) is 21.3 Å². The molecule has 0 atom stereocenters. The smallest absolute Gasteiger partial charge is 0.481 e. The van der Waals surface area contributed by atoms with Gasteiger partial charge in [-0.1, -0.05) is 199 Å². The molecule has 0 aromatic carbocycles. The molecule has 0 bridgehead atoms. The maximum Gasteiger partial charge on any atom is 0.500 e. The van der Waals surface area contributed by atoms with Gasteiger partial charge < -0.3 is 18.4 Å². The first kappa shape index (κ1) is 44.6. The van der Waals surface area contributed by atoms with E-state index in [4.69, 9.17) is 18.4 Å². The SMILES string of the molecule is CO[Si](CCCCCCCCCCCCCCCCCCCCCCCCCCCCCCCCCCCC(=O)O)(OC)OC. The molecule has 1 N–H and O–H groups in total. The fourth-order valence-corrected chi connectivity index (χ4v) is 8.45. The average molecular weight is 657 g/mol. The van der Waals surface area contributed by atoms with Crippen molar-refractivity contribution in [1.82, 2.24) is 0 Å². The monoisotopic (exact) mass is 657 g/mol. The van der Waals surface area contributed by atoms with E-state index in [1.54, 1.807) is 21.3 Å². The predicted octanol–water partition coefficient (Wildman–Crippen LogP) is 13.2. The lowest BCUT2D eigenvalue weighted by Crippen LogP contribution is -2.42. The molecular formula is C39H80O5Si. The van der Waals surface area contributed by atoms with Crippen molar-refractivity contribution in [3.63, 3.8) is 0 Å². The minimum absolute atomic E-state index is 0.342. The molecule has 0 radical (unpaired) electrons. The lowest BCUT2D eigenvalue weighted by molar-refractivity contribution is -0.137. The Kier molecular flexibility index (Phi) is 36.1. The molecule has 0 aliphatic heterocycles. The second-order valence-corrected chi connectivity index (χ2v) is 16.9. The third-order valence-electron chi connectivity index (χ3n) is 9.81. The standard InChI is InChI=1S/C39H80O5Si/c1-42-45(43-2,44-3)38-36-34-32-30-28-26-24-22-20-18-16-14-12-10-8-6-4-5-7-9-11-13-15-17-19-21-23-25-27-29-31-33-35-37-39(40)41/h4-38H2,1-3H3,(H,40,41). The first-order valence-electron chi connectivity index (χ1n) is 20.0. The van der Waals surface area contributed by atoms with E-state index in [9.17, 15) is 4.79 Å². The zero-order valence-corrected chi connectivity index (χ0v) is 31.8. The van der Waals surface area contributed by atoms with Crippen molar-refractivity contribution in [2.45, 2.75) is 224 Å². The maximum atomic E-state index is 10.5. The van der Waals surface area contributed by atoms with Crippen molar-refractivity contribution >= 4 is 14.8 Å². The lowest BCUT2D eigenvalue weighted by Gasteiger charge is -2.24. The van der Waals surface area contributed by atoms with Gasteiger partial charge in [0, 0.05) is 33.8 Å². The van der Waals surface area contributed by atoms with E-state index >= 15 is 0 Å². The molecule has 0 spiro atoms. The van der Waals surface area contributed by atoms with E-state index < -0.39 is 14.8 Å². The van der Waals surface area contributed by atoms with Crippen molar-refractivity contribution in [3.05, 3.63) is 0 Å². The van der Waals surface area contributed by atoms with Crippen LogP contribution in [0.15, 0.2) is 0 Å². The Morgan fingerprint density at radius 1 is 0.356 bits per heavy atom. The third-order valence-corrected chi connectivity index (χ3v) is 12.6. The highest BCUT2D eigenvalue weighted by Crippen LogP contribution is 2.20. The second kappa shape index (κ2) is 36.4. The van der Waals surface area contributed by atoms with E-state index in [1.165, 1.54) is 193 Å². The highest BCUT2D eigenvalue weighted by atomic mass is 28.4. The van der Waals surface area contributed by atoms with Crippen LogP contribution in [0.3, 0.4) is 0 Å². The summed E-state index contributed by atoms with van der Waals surface area (Å²) in [6.07, 6.45) is 45.7. The van der Waals surface area contributed by atoms with Gasteiger partial charge in [0.15, 0.2) is 0 Å². The fourth-order valence-electron chi connectivity index (χ4n) is 6.65. The van der Waals surface area contributed by atoms with Gasteiger partial charge in [-0.15, -0.1) is 0 Å². The van der Waals surface area contributed by atoms with Crippen LogP contribution >= 0.6 is 0 Å². The highest BCUT2D eigenvalue weighted by molar-refractivity contribution is 6.60. The molecule has 6 heteroatoms. The highest BCUT2D eigenvalue weighted by Gasteiger charge is 2.36. The summed E-state index contributed by atoms with van der Waals surface area (Å²) >= 11 is 0. The Morgan fingerprint density at radius 2 is 0.533 bits per heavy atom. The first-order chi connectivity index (χ1) is 22.1. The number of carboxylic acids is 1. The summed E-state index contributed by atoms with van der Waals surface area (Å²) < 4.78 is 16.5. The van der Waals surface area contributed by atoms with Gasteiger partial charge >= 0.3 is 14.8 Å². The van der Waals surface area contributed by atoms with Crippen LogP contribution in [0.2, 0.25) is 6.04 Å². The zero-order chi connectivity index (χ0) is 32.9. The first-order valence-corrected chi connectivity index (χ1v) is 21.9. The van der Waals surface area contributed by atoms with Crippen LogP contribution in [0.25, 0.3) is 0 Å². The van der Waals surface area contributed by atoms with Crippen LogP contribution in [0.5, 0.6) is 0 Å². The second-order valence-electron chi connectivity index (χ2n) is 13.9. The van der Waals surface area contributed by atoms with Gasteiger partial charge in [0.1, 0.15) is 0 Å². The molecule has 0 aliphatic rings. The number of hydrogen-bond donors (Lipinski definition) is 1. The summed E-state index contributed by atoms with van der Waals surface area (Å²) in [5.74, 6) is -0.651. The van der Waals surface area contributed by atoms with Gasteiger partial charge in [-0.25, -0.2) is 0 Å². The van der Waals surface area contributed by atoms with Gasteiger partial charge in [0.2, 0.25) is 0 Å². The molecule has 45 heavy (non-hydrogen) atoms. The molecule has 0 heterocycles. The van der Waals surface area contributed by atoms with Gasteiger partial charge in [-0.2, -0.15) is 0 Å².